The zero-order chi connectivity index (χ0) is 20.2. The normalized spacial score (nSPS) is 28.2. The number of hydrogen-bond donors (Lipinski definition) is 1. The lowest BCUT2D eigenvalue weighted by Crippen LogP contribution is -2.77. The van der Waals surface area contributed by atoms with E-state index >= 15 is 0 Å². The van der Waals surface area contributed by atoms with Crippen LogP contribution >= 0.6 is 0 Å². The monoisotopic (exact) mass is 417 g/mol. The molecule has 0 radical (unpaired) electrons. The molecule has 0 aliphatic carbocycles. The van der Waals surface area contributed by atoms with Crippen molar-refractivity contribution in [2.75, 3.05) is 21.3 Å². The predicted octanol–water partition coefficient (Wildman–Crippen LogP) is 2.89. The first-order valence-electron chi connectivity index (χ1n) is 9.29. The first kappa shape index (κ1) is 22.4. The minimum Gasteiger partial charge on any atom is -0.396 e. The molecule has 1 saturated heterocycles. The standard InChI is InChI=1S/C18H31NO6SSi/c1-5-10-17(26(20,21)22)11-6-15-27(24-3,25-4)18(17,23-2)12-7-16-8-13-19-14-9-16/h8-9,13-14H,5-7,10-12,15H2,1-4H3,(H,20,21,22). The van der Waals surface area contributed by atoms with Crippen LogP contribution in [-0.2, 0) is 30.1 Å². The molecule has 0 saturated carbocycles. The van der Waals surface area contributed by atoms with E-state index in [-0.39, 0.29) is 6.42 Å². The van der Waals surface area contributed by atoms with Gasteiger partial charge in [0.1, 0.15) is 9.97 Å². The highest BCUT2D eigenvalue weighted by Crippen LogP contribution is 2.54. The molecule has 0 amide bonds. The molecule has 1 aromatic heterocycles. The lowest BCUT2D eigenvalue weighted by molar-refractivity contribution is -0.0463. The number of pyridine rings is 1. The zero-order valence-electron chi connectivity index (χ0n) is 16.6. The third-order valence-corrected chi connectivity index (χ3v) is 12.5. The van der Waals surface area contributed by atoms with E-state index in [9.17, 15) is 13.0 Å². The van der Waals surface area contributed by atoms with Crippen molar-refractivity contribution in [2.45, 2.75) is 61.5 Å². The molecule has 0 bridgehead atoms. The molecule has 0 spiro atoms. The van der Waals surface area contributed by atoms with Gasteiger partial charge in [0.15, 0.2) is 0 Å². The van der Waals surface area contributed by atoms with Crippen molar-refractivity contribution in [1.29, 1.82) is 0 Å². The third kappa shape index (κ3) is 3.61. The highest BCUT2D eigenvalue weighted by Gasteiger charge is 2.73. The first-order valence-corrected chi connectivity index (χ1v) is 12.8. The summed E-state index contributed by atoms with van der Waals surface area (Å²) in [7, 11) is -2.93. The Balaban J connectivity index is 2.65. The van der Waals surface area contributed by atoms with E-state index in [1.807, 2.05) is 19.1 Å². The van der Waals surface area contributed by atoms with Crippen molar-refractivity contribution in [3.05, 3.63) is 30.1 Å². The number of aromatic nitrogens is 1. The number of nitrogens with zero attached hydrogens (tertiary/aromatic N) is 1. The number of aryl methyl sites for hydroxylation is 1. The van der Waals surface area contributed by atoms with Gasteiger partial charge in [0.2, 0.25) is 0 Å². The van der Waals surface area contributed by atoms with Gasteiger partial charge < -0.3 is 13.6 Å². The number of methoxy groups -OCH3 is 1. The SMILES string of the molecule is CCCC1(S(=O)(=O)O)CCC[Si](OC)(OC)C1(CCc1ccncc1)OC. The summed E-state index contributed by atoms with van der Waals surface area (Å²) in [5.41, 5.74) is 1.02. The third-order valence-electron chi connectivity index (χ3n) is 6.11. The maximum Gasteiger partial charge on any atom is 0.372 e. The topological polar surface area (TPSA) is 95.0 Å². The Morgan fingerprint density at radius 3 is 2.30 bits per heavy atom. The van der Waals surface area contributed by atoms with E-state index in [1.54, 1.807) is 26.6 Å². The molecule has 1 fully saturated rings. The van der Waals surface area contributed by atoms with E-state index in [2.05, 4.69) is 4.98 Å². The Morgan fingerprint density at radius 1 is 1.19 bits per heavy atom. The van der Waals surface area contributed by atoms with Crippen molar-refractivity contribution in [3.8, 4) is 0 Å². The van der Waals surface area contributed by atoms with Gasteiger partial charge >= 0.3 is 8.56 Å². The van der Waals surface area contributed by atoms with Gasteiger partial charge in [-0.2, -0.15) is 8.42 Å². The van der Waals surface area contributed by atoms with E-state index in [1.165, 1.54) is 7.11 Å². The zero-order valence-corrected chi connectivity index (χ0v) is 18.4. The van der Waals surface area contributed by atoms with Gasteiger partial charge in [-0.1, -0.05) is 13.3 Å². The fourth-order valence-electron chi connectivity index (χ4n) is 4.90. The maximum atomic E-state index is 12.8. The summed E-state index contributed by atoms with van der Waals surface area (Å²) >= 11 is 0. The van der Waals surface area contributed by atoms with Crippen LogP contribution < -0.4 is 0 Å². The Hall–Kier alpha value is -0.843. The average molecular weight is 418 g/mol. The highest BCUT2D eigenvalue weighted by atomic mass is 32.2. The smallest absolute Gasteiger partial charge is 0.372 e. The number of ether oxygens (including phenoxy) is 1. The Morgan fingerprint density at radius 2 is 1.81 bits per heavy atom. The molecule has 2 unspecified atom stereocenters. The Kier molecular flexibility index (Phi) is 7.20. The van der Waals surface area contributed by atoms with E-state index in [0.717, 1.165) is 5.56 Å². The summed E-state index contributed by atoms with van der Waals surface area (Å²) in [6.45, 7) is 1.91. The van der Waals surface area contributed by atoms with Gasteiger partial charge in [-0.3, -0.25) is 9.54 Å². The fraction of sp³-hybridized carbons (Fsp3) is 0.722. The van der Waals surface area contributed by atoms with Gasteiger partial charge in [-0.05, 0) is 55.8 Å². The molecule has 0 aromatic carbocycles. The van der Waals surface area contributed by atoms with Gasteiger partial charge in [-0.25, -0.2) is 0 Å². The first-order chi connectivity index (χ1) is 12.8. The highest BCUT2D eigenvalue weighted by molar-refractivity contribution is 7.87. The van der Waals surface area contributed by atoms with Crippen molar-refractivity contribution >= 4 is 18.7 Å². The number of rotatable bonds is 9. The van der Waals surface area contributed by atoms with Crippen LogP contribution in [0.15, 0.2) is 24.5 Å². The van der Waals surface area contributed by atoms with Crippen molar-refractivity contribution in [3.63, 3.8) is 0 Å². The summed E-state index contributed by atoms with van der Waals surface area (Å²) in [6.07, 6.45) is 6.17. The van der Waals surface area contributed by atoms with E-state index in [0.29, 0.717) is 38.1 Å². The van der Waals surface area contributed by atoms with Gasteiger partial charge in [-0.15, -0.1) is 0 Å². The van der Waals surface area contributed by atoms with Crippen LogP contribution in [0.2, 0.25) is 6.04 Å². The summed E-state index contributed by atoms with van der Waals surface area (Å²) in [5.74, 6) is 0. The van der Waals surface area contributed by atoms with Crippen LogP contribution in [0.3, 0.4) is 0 Å². The van der Waals surface area contributed by atoms with Crippen LogP contribution in [0.4, 0.5) is 0 Å². The van der Waals surface area contributed by atoms with Crippen LogP contribution in [0.1, 0.15) is 44.6 Å². The molecule has 154 valence electrons. The van der Waals surface area contributed by atoms with Crippen LogP contribution in [0, 0.1) is 0 Å². The molecular weight excluding hydrogens is 386 g/mol. The molecule has 1 aromatic rings. The maximum absolute atomic E-state index is 12.8. The lowest BCUT2D eigenvalue weighted by atomic mass is 9.86. The average Bonchev–Trinajstić information content (AvgIpc) is 2.66. The minimum atomic E-state index is -4.43. The van der Waals surface area contributed by atoms with E-state index in [4.69, 9.17) is 13.6 Å². The molecule has 1 aliphatic heterocycles. The van der Waals surface area contributed by atoms with Crippen LogP contribution in [-0.4, -0.2) is 57.8 Å². The Labute approximate surface area is 163 Å². The van der Waals surface area contributed by atoms with Gasteiger partial charge in [0.05, 0.1) is 0 Å². The molecule has 1 aliphatic rings. The molecular formula is C18H31NO6SSi. The summed E-state index contributed by atoms with van der Waals surface area (Å²) in [6, 6.07) is 4.40. The summed E-state index contributed by atoms with van der Waals surface area (Å²) in [4.78, 5) is 4.03. The number of hydrogen-bond acceptors (Lipinski definition) is 6. The van der Waals surface area contributed by atoms with Crippen LogP contribution in [0.25, 0.3) is 0 Å². The quantitative estimate of drug-likeness (QED) is 0.487. The molecule has 1 N–H and O–H groups in total. The minimum absolute atomic E-state index is 0.289. The van der Waals surface area contributed by atoms with Gasteiger partial charge in [0.25, 0.3) is 10.1 Å². The predicted molar refractivity (Wildman–Crippen MR) is 105 cm³/mol. The largest absolute Gasteiger partial charge is 0.396 e. The molecule has 7 nitrogen and oxygen atoms in total. The molecule has 9 heteroatoms. The van der Waals surface area contributed by atoms with Crippen LogP contribution in [0.5, 0.6) is 0 Å². The molecule has 2 atom stereocenters. The molecule has 2 rings (SSSR count). The Bertz CT molecular complexity index is 708. The summed E-state index contributed by atoms with van der Waals surface area (Å²) in [5, 5.41) is -1.23. The lowest BCUT2D eigenvalue weighted by Gasteiger charge is -2.57. The second-order valence-corrected chi connectivity index (χ2v) is 12.5. The molecule has 2 heterocycles. The molecule has 27 heavy (non-hydrogen) atoms. The fourth-order valence-corrected chi connectivity index (χ4v) is 11.3. The summed E-state index contributed by atoms with van der Waals surface area (Å²) < 4.78 is 52.4. The van der Waals surface area contributed by atoms with Gasteiger partial charge in [0, 0.05) is 33.7 Å². The van der Waals surface area contributed by atoms with Crippen molar-refractivity contribution in [1.82, 2.24) is 4.98 Å². The second kappa shape index (κ2) is 8.67. The van der Waals surface area contributed by atoms with Crippen molar-refractivity contribution < 1.29 is 26.6 Å². The van der Waals surface area contributed by atoms with Crippen molar-refractivity contribution in [2.24, 2.45) is 0 Å². The second-order valence-electron chi connectivity index (χ2n) is 7.12. The van der Waals surface area contributed by atoms with E-state index < -0.39 is 28.7 Å².